The van der Waals surface area contributed by atoms with Crippen molar-refractivity contribution in [2.45, 2.75) is 70.6 Å². The fourth-order valence-electron chi connectivity index (χ4n) is 4.49. The Bertz CT molecular complexity index is 787. The minimum absolute atomic E-state index is 0.135. The van der Waals surface area contributed by atoms with E-state index in [0.717, 1.165) is 36.5 Å². The van der Waals surface area contributed by atoms with E-state index in [1.807, 2.05) is 27.2 Å². The van der Waals surface area contributed by atoms with E-state index < -0.39 is 0 Å². The maximum atomic E-state index is 5.89. The fourth-order valence-corrected chi connectivity index (χ4v) is 4.49. The Morgan fingerprint density at radius 3 is 2.71 bits per heavy atom. The van der Waals surface area contributed by atoms with Gasteiger partial charge in [0.05, 0.1) is 11.7 Å². The van der Waals surface area contributed by atoms with Gasteiger partial charge in [-0.25, -0.2) is 4.98 Å². The minimum Gasteiger partial charge on any atom is -0.378 e. The molecule has 1 N–H and O–H groups in total. The van der Waals surface area contributed by atoms with Crippen molar-refractivity contribution in [3.05, 3.63) is 23.7 Å². The monoisotopic (exact) mass is 385 g/mol. The highest BCUT2D eigenvalue weighted by Gasteiger charge is 2.33. The van der Waals surface area contributed by atoms with Crippen LogP contribution in [0.25, 0.3) is 11.5 Å². The van der Waals surface area contributed by atoms with Crippen molar-refractivity contribution in [2.75, 3.05) is 25.1 Å². The first-order chi connectivity index (χ1) is 13.6. The Labute approximate surface area is 166 Å². The number of nitrogens with zero attached hydrogens (tertiary/aromatic N) is 4. The van der Waals surface area contributed by atoms with Gasteiger partial charge in [0.25, 0.3) is 5.89 Å². The van der Waals surface area contributed by atoms with Crippen LogP contribution in [0.4, 0.5) is 5.82 Å². The number of anilines is 1. The third kappa shape index (κ3) is 4.20. The number of pyridine rings is 1. The van der Waals surface area contributed by atoms with E-state index in [0.29, 0.717) is 23.8 Å². The molecular formula is C21H31N5O2. The van der Waals surface area contributed by atoms with Gasteiger partial charge in [-0.1, -0.05) is 24.4 Å². The molecule has 2 aromatic rings. The van der Waals surface area contributed by atoms with Gasteiger partial charge in [-0.2, -0.15) is 4.98 Å². The van der Waals surface area contributed by atoms with E-state index in [1.165, 1.54) is 32.1 Å². The largest absolute Gasteiger partial charge is 0.378 e. The predicted molar refractivity (Wildman–Crippen MR) is 108 cm³/mol. The number of aryl methyl sites for hydroxylation is 2. The zero-order chi connectivity index (χ0) is 19.5. The molecule has 0 radical (unpaired) electrons. The molecule has 1 saturated carbocycles. The first kappa shape index (κ1) is 19.3. The molecule has 4 rings (SSSR count). The molecule has 2 aromatic heterocycles. The molecule has 0 unspecified atom stereocenters. The number of rotatable bonds is 5. The number of hydrogen-bond donors (Lipinski definition) is 1. The van der Waals surface area contributed by atoms with Crippen LogP contribution in [0, 0.1) is 13.8 Å². The minimum atomic E-state index is 0.135. The van der Waals surface area contributed by atoms with Gasteiger partial charge in [0.2, 0.25) is 0 Å². The van der Waals surface area contributed by atoms with Crippen molar-refractivity contribution in [2.24, 2.45) is 0 Å². The average molecular weight is 386 g/mol. The molecule has 0 amide bonds. The average Bonchev–Trinajstić information content (AvgIpc) is 3.15. The summed E-state index contributed by atoms with van der Waals surface area (Å²) >= 11 is 0. The normalized spacial score (nSPS) is 23.9. The lowest BCUT2D eigenvalue weighted by Crippen LogP contribution is -2.56. The maximum Gasteiger partial charge on any atom is 0.261 e. The van der Waals surface area contributed by atoms with E-state index in [2.05, 4.69) is 26.4 Å². The number of piperidine rings is 1. The molecule has 2 fully saturated rings. The Morgan fingerprint density at radius 1 is 1.18 bits per heavy atom. The molecule has 2 atom stereocenters. The van der Waals surface area contributed by atoms with E-state index in [-0.39, 0.29) is 6.10 Å². The van der Waals surface area contributed by atoms with E-state index in [9.17, 15) is 0 Å². The van der Waals surface area contributed by atoms with Crippen LogP contribution in [0.3, 0.4) is 0 Å². The highest BCUT2D eigenvalue weighted by molar-refractivity contribution is 5.70. The Kier molecular flexibility index (Phi) is 5.92. The summed E-state index contributed by atoms with van der Waals surface area (Å²) in [4.78, 5) is 11.4. The van der Waals surface area contributed by atoms with Gasteiger partial charge in [-0.15, -0.1) is 0 Å². The Balaban J connectivity index is 1.51. The second kappa shape index (κ2) is 8.57. The Morgan fingerprint density at radius 2 is 2.00 bits per heavy atom. The molecule has 0 aromatic carbocycles. The number of methoxy groups -OCH3 is 1. The lowest BCUT2D eigenvalue weighted by atomic mass is 9.92. The number of nitrogens with one attached hydrogen (secondary N) is 1. The number of aromatic nitrogens is 3. The molecule has 7 heteroatoms. The van der Waals surface area contributed by atoms with E-state index >= 15 is 0 Å². The molecule has 1 saturated heterocycles. The molecule has 7 nitrogen and oxygen atoms in total. The van der Waals surface area contributed by atoms with Crippen LogP contribution in [0.5, 0.6) is 0 Å². The second-order valence-electron chi connectivity index (χ2n) is 8.15. The fraction of sp³-hybridized carbons (Fsp3) is 0.667. The summed E-state index contributed by atoms with van der Waals surface area (Å²) in [5.74, 6) is 2.06. The lowest BCUT2D eigenvalue weighted by Gasteiger charge is -2.41. The van der Waals surface area contributed by atoms with Crippen molar-refractivity contribution < 1.29 is 9.26 Å². The van der Waals surface area contributed by atoms with Crippen LogP contribution in [0.1, 0.15) is 49.9 Å². The van der Waals surface area contributed by atoms with Crippen molar-refractivity contribution in [1.82, 2.24) is 20.4 Å². The van der Waals surface area contributed by atoms with Crippen LogP contribution >= 0.6 is 0 Å². The van der Waals surface area contributed by atoms with Gasteiger partial charge in [0.1, 0.15) is 5.82 Å². The third-order valence-corrected chi connectivity index (χ3v) is 5.98. The molecule has 152 valence electrons. The summed E-state index contributed by atoms with van der Waals surface area (Å²) in [6.45, 7) is 5.60. The molecule has 0 spiro atoms. The second-order valence-corrected chi connectivity index (χ2v) is 8.15. The summed E-state index contributed by atoms with van der Waals surface area (Å²) < 4.78 is 11.3. The summed E-state index contributed by atoms with van der Waals surface area (Å²) in [6.07, 6.45) is 9.71. The summed E-state index contributed by atoms with van der Waals surface area (Å²) in [7, 11) is 1.81. The number of hydrogen-bond acceptors (Lipinski definition) is 7. The molecule has 28 heavy (non-hydrogen) atoms. The van der Waals surface area contributed by atoms with Gasteiger partial charge in [0.15, 0.2) is 5.82 Å². The predicted octanol–water partition coefficient (Wildman–Crippen LogP) is 3.26. The van der Waals surface area contributed by atoms with Crippen molar-refractivity contribution in [3.8, 4) is 11.5 Å². The molecule has 2 aliphatic rings. The standard InChI is InChI=1S/C21H31N5O2/c1-14-11-17(21-23-15(2)25-28-21)20(22-12-14)26-10-9-18(19(13-26)27-3)24-16-7-5-4-6-8-16/h11-12,16,18-19,24H,4-10,13H2,1-3H3/t18-,19+/m0/s1. The highest BCUT2D eigenvalue weighted by Crippen LogP contribution is 2.31. The topological polar surface area (TPSA) is 76.3 Å². The third-order valence-electron chi connectivity index (χ3n) is 5.98. The zero-order valence-corrected chi connectivity index (χ0v) is 17.1. The first-order valence-electron chi connectivity index (χ1n) is 10.4. The quantitative estimate of drug-likeness (QED) is 0.846. The first-order valence-corrected chi connectivity index (χ1v) is 10.4. The molecule has 0 bridgehead atoms. The summed E-state index contributed by atoms with van der Waals surface area (Å²) in [5, 5.41) is 7.83. The van der Waals surface area contributed by atoms with Crippen LogP contribution in [-0.4, -0.2) is 53.5 Å². The number of ether oxygens (including phenoxy) is 1. The van der Waals surface area contributed by atoms with Crippen molar-refractivity contribution in [1.29, 1.82) is 0 Å². The van der Waals surface area contributed by atoms with E-state index in [4.69, 9.17) is 14.2 Å². The van der Waals surface area contributed by atoms with Crippen LogP contribution in [0.2, 0.25) is 0 Å². The summed E-state index contributed by atoms with van der Waals surface area (Å²) in [5.41, 5.74) is 1.97. The lowest BCUT2D eigenvalue weighted by molar-refractivity contribution is 0.0534. The van der Waals surface area contributed by atoms with E-state index in [1.54, 1.807) is 0 Å². The Hall–Kier alpha value is -1.99. The van der Waals surface area contributed by atoms with Gasteiger partial charge in [0, 0.05) is 38.5 Å². The van der Waals surface area contributed by atoms with Crippen molar-refractivity contribution in [3.63, 3.8) is 0 Å². The molecule has 1 aliphatic heterocycles. The smallest absolute Gasteiger partial charge is 0.261 e. The van der Waals surface area contributed by atoms with Gasteiger partial charge < -0.3 is 19.5 Å². The SMILES string of the molecule is CO[C@@H]1CN(c2ncc(C)cc2-c2nc(C)no2)CC[C@@H]1NC1CCCCC1. The van der Waals surface area contributed by atoms with Gasteiger partial charge in [-0.05, 0) is 44.7 Å². The highest BCUT2D eigenvalue weighted by atomic mass is 16.5. The zero-order valence-electron chi connectivity index (χ0n) is 17.1. The molecule has 1 aliphatic carbocycles. The van der Waals surface area contributed by atoms with Crippen LogP contribution in [-0.2, 0) is 4.74 Å². The van der Waals surface area contributed by atoms with Gasteiger partial charge in [-0.3, -0.25) is 0 Å². The van der Waals surface area contributed by atoms with Gasteiger partial charge >= 0.3 is 0 Å². The van der Waals surface area contributed by atoms with Crippen LogP contribution < -0.4 is 10.2 Å². The molecular weight excluding hydrogens is 354 g/mol. The molecule has 3 heterocycles. The summed E-state index contributed by atoms with van der Waals surface area (Å²) in [6, 6.07) is 3.10. The van der Waals surface area contributed by atoms with Crippen molar-refractivity contribution >= 4 is 5.82 Å². The maximum absolute atomic E-state index is 5.89. The van der Waals surface area contributed by atoms with Crippen LogP contribution in [0.15, 0.2) is 16.8 Å².